The van der Waals surface area contributed by atoms with Crippen LogP contribution in [0.5, 0.6) is 0 Å². The molecule has 0 aliphatic rings. The minimum atomic E-state index is -4.26. The lowest BCUT2D eigenvalue weighted by Crippen LogP contribution is -2.41. The number of sulfonamides is 1. The summed E-state index contributed by atoms with van der Waals surface area (Å²) in [5.74, 6) is 0. The van der Waals surface area contributed by atoms with Crippen LogP contribution in [0.4, 0.5) is 11.4 Å². The van der Waals surface area contributed by atoms with Crippen LogP contribution in [0.2, 0.25) is 0 Å². The average Bonchev–Trinajstić information content (AvgIpc) is 2.60. The number of aliphatic hydroxyl groups excluding tert-OH is 1. The molecule has 146 valence electrons. The Labute approximate surface area is 158 Å². The monoisotopic (exact) mass is 393 g/mol. The summed E-state index contributed by atoms with van der Waals surface area (Å²) in [5, 5.41) is 21.6. The summed E-state index contributed by atoms with van der Waals surface area (Å²) in [5.41, 5.74) is 0.767. The number of hydrogen-bond acceptors (Lipinski definition) is 6. The lowest BCUT2D eigenvalue weighted by molar-refractivity contribution is -0.387. The van der Waals surface area contributed by atoms with Crippen molar-refractivity contribution in [1.82, 2.24) is 4.90 Å². The molecule has 8 nitrogen and oxygen atoms in total. The first kappa shape index (κ1) is 20.8. The molecule has 0 saturated carbocycles. The number of hydrogen-bond donors (Lipinski definition) is 1. The van der Waals surface area contributed by atoms with Crippen LogP contribution in [0.25, 0.3) is 0 Å². The highest BCUT2D eigenvalue weighted by Crippen LogP contribution is 2.30. The molecular weight excluding hydrogens is 370 g/mol. The Morgan fingerprint density at radius 2 is 1.67 bits per heavy atom. The third-order valence-corrected chi connectivity index (χ3v) is 5.75. The van der Waals surface area contributed by atoms with Crippen molar-refractivity contribution in [3.8, 4) is 0 Å². The van der Waals surface area contributed by atoms with Gasteiger partial charge < -0.3 is 10.0 Å². The van der Waals surface area contributed by atoms with Crippen molar-refractivity contribution < 1.29 is 18.4 Å². The number of para-hydroxylation sites is 1. The van der Waals surface area contributed by atoms with E-state index in [0.29, 0.717) is 5.69 Å². The van der Waals surface area contributed by atoms with Gasteiger partial charge in [-0.15, -0.1) is 0 Å². The molecule has 1 N–H and O–H groups in total. The van der Waals surface area contributed by atoms with Crippen LogP contribution in [0.1, 0.15) is 5.56 Å². The second kappa shape index (κ2) is 8.47. The van der Waals surface area contributed by atoms with Gasteiger partial charge in [-0.1, -0.05) is 29.8 Å². The molecule has 0 aliphatic heterocycles. The summed E-state index contributed by atoms with van der Waals surface area (Å²) in [6, 6.07) is 11.9. The number of nitrogens with zero attached hydrogens (tertiary/aromatic N) is 3. The fourth-order valence-corrected chi connectivity index (χ4v) is 4.33. The van der Waals surface area contributed by atoms with E-state index in [9.17, 15) is 23.6 Å². The Kier molecular flexibility index (Phi) is 6.53. The number of aryl methyl sites for hydroxylation is 1. The fourth-order valence-electron chi connectivity index (χ4n) is 2.67. The van der Waals surface area contributed by atoms with Gasteiger partial charge >= 0.3 is 0 Å². The second-order valence-corrected chi connectivity index (χ2v) is 8.34. The third kappa shape index (κ3) is 5.03. The van der Waals surface area contributed by atoms with E-state index in [1.165, 1.54) is 18.2 Å². The largest absolute Gasteiger partial charge is 0.390 e. The predicted molar refractivity (Wildman–Crippen MR) is 103 cm³/mol. The minimum Gasteiger partial charge on any atom is -0.390 e. The normalized spacial score (nSPS) is 12.8. The summed E-state index contributed by atoms with van der Waals surface area (Å²) in [6.07, 6.45) is -0.973. The Hall–Kier alpha value is -2.49. The highest BCUT2D eigenvalue weighted by atomic mass is 32.2. The van der Waals surface area contributed by atoms with Crippen LogP contribution in [0.3, 0.4) is 0 Å². The maximum atomic E-state index is 13.3. The molecule has 2 aromatic rings. The van der Waals surface area contributed by atoms with E-state index in [-0.39, 0.29) is 13.1 Å². The molecule has 0 aliphatic carbocycles. The van der Waals surface area contributed by atoms with Gasteiger partial charge in [0, 0.05) is 12.6 Å². The van der Waals surface area contributed by atoms with Crippen molar-refractivity contribution >= 4 is 21.4 Å². The van der Waals surface area contributed by atoms with Gasteiger partial charge in [0.1, 0.15) is 0 Å². The maximum Gasteiger partial charge on any atom is 0.289 e. The molecule has 0 unspecified atom stereocenters. The van der Waals surface area contributed by atoms with Crippen LogP contribution in [-0.4, -0.2) is 56.6 Å². The van der Waals surface area contributed by atoms with Crippen molar-refractivity contribution in [2.24, 2.45) is 0 Å². The number of likely N-dealkylation sites (N-methyl/N-ethyl adjacent to an activating group) is 1. The number of aliphatic hydroxyl groups is 1. The Morgan fingerprint density at radius 3 is 2.22 bits per heavy atom. The average molecular weight is 393 g/mol. The molecule has 0 amide bonds. The standard InChI is InChI=1S/C18H23N3O5S/c1-14-8-10-15(11-9-14)20(13-16(22)12-19(2)3)27(25,26)18-7-5-4-6-17(18)21(23)24/h4-11,16,22H,12-13H2,1-3H3/t16-/m1/s1. The molecule has 0 spiro atoms. The van der Waals surface area contributed by atoms with Crippen LogP contribution >= 0.6 is 0 Å². The molecule has 0 saturated heterocycles. The van der Waals surface area contributed by atoms with Crippen molar-refractivity contribution in [1.29, 1.82) is 0 Å². The Morgan fingerprint density at radius 1 is 1.07 bits per heavy atom. The molecule has 27 heavy (non-hydrogen) atoms. The zero-order valence-corrected chi connectivity index (χ0v) is 16.3. The highest BCUT2D eigenvalue weighted by molar-refractivity contribution is 7.93. The van der Waals surface area contributed by atoms with Gasteiger partial charge in [0.05, 0.1) is 23.3 Å². The first-order valence-electron chi connectivity index (χ1n) is 8.28. The van der Waals surface area contributed by atoms with E-state index in [1.54, 1.807) is 43.3 Å². The number of nitro groups is 1. The number of benzene rings is 2. The molecule has 0 bridgehead atoms. The van der Waals surface area contributed by atoms with Crippen LogP contribution < -0.4 is 4.31 Å². The summed E-state index contributed by atoms with van der Waals surface area (Å²) >= 11 is 0. The minimum absolute atomic E-state index is 0.227. The SMILES string of the molecule is Cc1ccc(N(C[C@H](O)CN(C)C)S(=O)(=O)c2ccccc2[N+](=O)[O-])cc1. The number of nitro benzene ring substituents is 1. The zero-order chi connectivity index (χ0) is 20.2. The second-order valence-electron chi connectivity index (χ2n) is 6.51. The first-order valence-corrected chi connectivity index (χ1v) is 9.72. The van der Waals surface area contributed by atoms with E-state index in [0.717, 1.165) is 15.9 Å². The fraction of sp³-hybridized carbons (Fsp3) is 0.333. The van der Waals surface area contributed by atoms with E-state index < -0.39 is 31.6 Å². The summed E-state index contributed by atoms with van der Waals surface area (Å²) in [6.45, 7) is 1.88. The van der Waals surface area contributed by atoms with Crippen LogP contribution in [-0.2, 0) is 10.0 Å². The third-order valence-electron chi connectivity index (χ3n) is 3.90. The van der Waals surface area contributed by atoms with Gasteiger partial charge in [-0.3, -0.25) is 14.4 Å². The smallest absolute Gasteiger partial charge is 0.289 e. The quantitative estimate of drug-likeness (QED) is 0.544. The summed E-state index contributed by atoms with van der Waals surface area (Å²) < 4.78 is 27.5. The van der Waals surface area contributed by atoms with Gasteiger partial charge in [0.2, 0.25) is 0 Å². The van der Waals surface area contributed by atoms with Crippen molar-refractivity contribution in [3.63, 3.8) is 0 Å². The molecule has 2 rings (SSSR count). The van der Waals surface area contributed by atoms with Crippen molar-refractivity contribution in [3.05, 3.63) is 64.2 Å². The van der Waals surface area contributed by atoms with Crippen molar-refractivity contribution in [2.45, 2.75) is 17.9 Å². The molecule has 0 fully saturated rings. The Bertz CT molecular complexity index is 897. The molecule has 0 heterocycles. The maximum absolute atomic E-state index is 13.3. The van der Waals surface area contributed by atoms with Gasteiger partial charge in [-0.25, -0.2) is 8.42 Å². The number of rotatable bonds is 8. The van der Waals surface area contributed by atoms with Gasteiger partial charge in [0.25, 0.3) is 15.7 Å². The van der Waals surface area contributed by atoms with E-state index in [4.69, 9.17) is 0 Å². The summed E-state index contributed by atoms with van der Waals surface area (Å²) in [4.78, 5) is 11.9. The molecule has 2 aromatic carbocycles. The topological polar surface area (TPSA) is 104 Å². The van der Waals surface area contributed by atoms with E-state index in [2.05, 4.69) is 0 Å². The van der Waals surface area contributed by atoms with Crippen molar-refractivity contribution in [2.75, 3.05) is 31.5 Å². The highest BCUT2D eigenvalue weighted by Gasteiger charge is 2.33. The molecule has 1 atom stereocenters. The zero-order valence-electron chi connectivity index (χ0n) is 15.4. The molecule has 0 aromatic heterocycles. The lowest BCUT2D eigenvalue weighted by Gasteiger charge is -2.28. The molecule has 9 heteroatoms. The van der Waals surface area contributed by atoms with E-state index in [1.807, 2.05) is 6.92 Å². The number of anilines is 1. The van der Waals surface area contributed by atoms with Crippen LogP contribution in [0.15, 0.2) is 53.4 Å². The summed E-state index contributed by atoms with van der Waals surface area (Å²) in [7, 11) is -0.741. The first-order chi connectivity index (χ1) is 12.6. The lowest BCUT2D eigenvalue weighted by atomic mass is 10.2. The molecular formula is C18H23N3O5S. The van der Waals surface area contributed by atoms with Crippen LogP contribution in [0, 0.1) is 17.0 Å². The van der Waals surface area contributed by atoms with Gasteiger partial charge in [-0.2, -0.15) is 0 Å². The Balaban J connectivity index is 2.55. The molecule has 0 radical (unpaired) electrons. The van der Waals surface area contributed by atoms with E-state index >= 15 is 0 Å². The predicted octanol–water partition coefficient (Wildman–Crippen LogP) is 2.02. The van der Waals surface area contributed by atoms with Gasteiger partial charge in [0.15, 0.2) is 4.90 Å². The van der Waals surface area contributed by atoms with Gasteiger partial charge in [-0.05, 0) is 39.2 Å².